The quantitative estimate of drug-likeness (QED) is 0.740. The first kappa shape index (κ1) is 13.5. The van der Waals surface area contributed by atoms with Crippen LogP contribution in [0.3, 0.4) is 0 Å². The average Bonchev–Trinajstić information content (AvgIpc) is 2.49. The van der Waals surface area contributed by atoms with Gasteiger partial charge < -0.3 is 0 Å². The van der Waals surface area contributed by atoms with E-state index in [1.807, 2.05) is 36.4 Å². The van der Waals surface area contributed by atoms with Gasteiger partial charge in [0.2, 0.25) is 6.29 Å². The highest BCUT2D eigenvalue weighted by Gasteiger charge is 2.13. The highest BCUT2D eigenvalue weighted by Crippen LogP contribution is 2.26. The Balaban J connectivity index is 1.96. The van der Waals surface area contributed by atoms with E-state index < -0.39 is 0 Å². The Kier molecular flexibility index (Phi) is 4.91. The molecule has 97 valence electrons. The molecule has 0 aliphatic carbocycles. The van der Waals surface area contributed by atoms with E-state index in [9.17, 15) is 4.79 Å². The molecule has 1 radical (unpaired) electrons. The third-order valence-electron chi connectivity index (χ3n) is 3.60. The van der Waals surface area contributed by atoms with Gasteiger partial charge >= 0.3 is 0 Å². The molecular formula is C18H19O. The van der Waals surface area contributed by atoms with Crippen LogP contribution < -0.4 is 0 Å². The zero-order valence-electron chi connectivity index (χ0n) is 11.3. The fourth-order valence-corrected chi connectivity index (χ4v) is 2.34. The Labute approximate surface area is 115 Å². The molecule has 0 amide bonds. The van der Waals surface area contributed by atoms with Crippen LogP contribution in [0.5, 0.6) is 0 Å². The summed E-state index contributed by atoms with van der Waals surface area (Å²) < 4.78 is 0. The molecule has 1 heteroatoms. The Morgan fingerprint density at radius 1 is 0.842 bits per heavy atom. The molecule has 0 heterocycles. The van der Waals surface area contributed by atoms with Crippen LogP contribution in [0, 0.1) is 0 Å². The summed E-state index contributed by atoms with van der Waals surface area (Å²) in [5, 5.41) is 0. The van der Waals surface area contributed by atoms with E-state index in [0.29, 0.717) is 5.92 Å². The molecule has 0 aromatic heterocycles. The first-order valence-corrected chi connectivity index (χ1v) is 6.79. The number of rotatable bonds is 6. The number of hydrogen-bond donors (Lipinski definition) is 0. The number of benzene rings is 2. The second kappa shape index (κ2) is 6.89. The molecule has 1 nitrogen and oxygen atoms in total. The lowest BCUT2D eigenvalue weighted by Crippen LogP contribution is -2.03. The zero-order chi connectivity index (χ0) is 13.5. The second-order valence-electron chi connectivity index (χ2n) is 4.97. The molecule has 0 N–H and O–H groups in total. The summed E-state index contributed by atoms with van der Waals surface area (Å²) in [7, 11) is 0. The van der Waals surface area contributed by atoms with Crippen LogP contribution in [0.25, 0.3) is 0 Å². The van der Waals surface area contributed by atoms with Crippen molar-refractivity contribution in [3.63, 3.8) is 0 Å². The molecule has 2 unspecified atom stereocenters. The van der Waals surface area contributed by atoms with Crippen LogP contribution >= 0.6 is 0 Å². The van der Waals surface area contributed by atoms with Crippen molar-refractivity contribution < 1.29 is 4.79 Å². The summed E-state index contributed by atoms with van der Waals surface area (Å²) >= 11 is 0. The van der Waals surface area contributed by atoms with Gasteiger partial charge in [-0.25, -0.2) is 0 Å². The fraction of sp³-hybridized carbons (Fsp3) is 0.278. The van der Waals surface area contributed by atoms with Crippen LogP contribution in [-0.2, 0) is 4.79 Å². The van der Waals surface area contributed by atoms with E-state index in [2.05, 4.69) is 37.5 Å². The predicted octanol–water partition coefficient (Wildman–Crippen LogP) is 4.46. The highest BCUT2D eigenvalue weighted by atomic mass is 16.1. The van der Waals surface area contributed by atoms with Crippen molar-refractivity contribution in [3.8, 4) is 0 Å². The highest BCUT2D eigenvalue weighted by molar-refractivity contribution is 5.62. The maximum absolute atomic E-state index is 11.1. The fourth-order valence-electron chi connectivity index (χ4n) is 2.34. The molecule has 0 spiro atoms. The van der Waals surface area contributed by atoms with Gasteiger partial charge in [-0.15, -0.1) is 0 Å². The molecule has 2 aromatic carbocycles. The lowest BCUT2D eigenvalue weighted by atomic mass is 9.89. The lowest BCUT2D eigenvalue weighted by Gasteiger charge is -2.15. The van der Waals surface area contributed by atoms with Gasteiger partial charge in [0, 0.05) is 0 Å². The van der Waals surface area contributed by atoms with E-state index in [1.54, 1.807) is 0 Å². The maximum atomic E-state index is 11.1. The topological polar surface area (TPSA) is 17.1 Å². The standard InChI is InChI=1S/C18H19O/c1-15(16-8-4-2-5-9-16)12-13-18(14-19)17-10-6-3-7-11-17/h2-11,15,18H,12-13H2,1H3. The molecule has 0 fully saturated rings. The zero-order valence-corrected chi connectivity index (χ0v) is 11.3. The van der Waals surface area contributed by atoms with E-state index in [0.717, 1.165) is 18.4 Å². The third kappa shape index (κ3) is 3.78. The van der Waals surface area contributed by atoms with Gasteiger partial charge in [-0.3, -0.25) is 4.79 Å². The van der Waals surface area contributed by atoms with Crippen LogP contribution in [0.1, 0.15) is 42.7 Å². The molecular weight excluding hydrogens is 232 g/mol. The Morgan fingerprint density at radius 3 is 1.89 bits per heavy atom. The summed E-state index contributed by atoms with van der Waals surface area (Å²) in [4.78, 5) is 11.1. The predicted molar refractivity (Wildman–Crippen MR) is 79.0 cm³/mol. The number of hydrogen-bond acceptors (Lipinski definition) is 1. The SMILES string of the molecule is CC(CCC([C]=O)c1ccccc1)c1ccccc1. The van der Waals surface area contributed by atoms with E-state index >= 15 is 0 Å². The molecule has 0 saturated heterocycles. The largest absolute Gasteiger partial charge is 0.290 e. The van der Waals surface area contributed by atoms with Crippen LogP contribution in [0.2, 0.25) is 0 Å². The van der Waals surface area contributed by atoms with E-state index in [4.69, 9.17) is 0 Å². The van der Waals surface area contributed by atoms with Crippen molar-refractivity contribution in [2.45, 2.75) is 31.6 Å². The minimum atomic E-state index is -0.104. The van der Waals surface area contributed by atoms with Crippen molar-refractivity contribution in [3.05, 3.63) is 71.8 Å². The van der Waals surface area contributed by atoms with Gasteiger partial charge in [-0.05, 0) is 29.9 Å². The smallest absolute Gasteiger partial charge is 0.206 e. The molecule has 2 rings (SSSR count). The van der Waals surface area contributed by atoms with Gasteiger partial charge in [-0.1, -0.05) is 67.6 Å². The molecule has 0 bridgehead atoms. The van der Waals surface area contributed by atoms with Crippen molar-refractivity contribution in [1.29, 1.82) is 0 Å². The average molecular weight is 251 g/mol. The normalized spacial score (nSPS) is 13.7. The van der Waals surface area contributed by atoms with Crippen molar-refractivity contribution in [2.75, 3.05) is 0 Å². The second-order valence-corrected chi connectivity index (χ2v) is 4.97. The minimum absolute atomic E-state index is 0.104. The summed E-state index contributed by atoms with van der Waals surface area (Å²) in [6.45, 7) is 2.21. The summed E-state index contributed by atoms with van der Waals surface area (Å²) in [5.41, 5.74) is 2.40. The van der Waals surface area contributed by atoms with Gasteiger partial charge in [-0.2, -0.15) is 0 Å². The molecule has 0 aliphatic rings. The number of carbonyl (C=O) groups excluding carboxylic acids is 1. The first-order chi connectivity index (χ1) is 9.31. The van der Waals surface area contributed by atoms with Gasteiger partial charge in [0.05, 0.1) is 5.92 Å². The van der Waals surface area contributed by atoms with Crippen molar-refractivity contribution in [2.24, 2.45) is 0 Å². The van der Waals surface area contributed by atoms with E-state index in [-0.39, 0.29) is 5.92 Å². The monoisotopic (exact) mass is 251 g/mol. The molecule has 2 atom stereocenters. The Hall–Kier alpha value is -1.89. The van der Waals surface area contributed by atoms with Gasteiger partial charge in [0.25, 0.3) is 0 Å². The summed E-state index contributed by atoms with van der Waals surface area (Å²) in [6.07, 6.45) is 4.02. The van der Waals surface area contributed by atoms with E-state index in [1.165, 1.54) is 5.56 Å². The molecule has 0 aliphatic heterocycles. The van der Waals surface area contributed by atoms with Gasteiger partial charge in [0.1, 0.15) is 0 Å². The molecule has 0 saturated carbocycles. The lowest BCUT2D eigenvalue weighted by molar-refractivity contribution is 0.525. The first-order valence-electron chi connectivity index (χ1n) is 6.79. The van der Waals surface area contributed by atoms with Crippen LogP contribution in [0.4, 0.5) is 0 Å². The molecule has 19 heavy (non-hydrogen) atoms. The Bertz CT molecular complexity index is 490. The van der Waals surface area contributed by atoms with Gasteiger partial charge in [0.15, 0.2) is 0 Å². The minimum Gasteiger partial charge on any atom is -0.290 e. The van der Waals surface area contributed by atoms with Crippen LogP contribution in [-0.4, -0.2) is 6.29 Å². The van der Waals surface area contributed by atoms with Crippen LogP contribution in [0.15, 0.2) is 60.7 Å². The third-order valence-corrected chi connectivity index (χ3v) is 3.60. The summed E-state index contributed by atoms with van der Waals surface area (Å²) in [6, 6.07) is 20.4. The summed E-state index contributed by atoms with van der Waals surface area (Å²) in [5.74, 6) is 0.369. The van der Waals surface area contributed by atoms with Crippen molar-refractivity contribution in [1.82, 2.24) is 0 Å². The maximum Gasteiger partial charge on any atom is 0.206 e. The Morgan fingerprint density at radius 2 is 1.37 bits per heavy atom. The molecule has 2 aromatic rings. The van der Waals surface area contributed by atoms with Crippen molar-refractivity contribution >= 4 is 6.29 Å².